The fourth-order valence-electron chi connectivity index (χ4n) is 2.05. The summed E-state index contributed by atoms with van der Waals surface area (Å²) in [5.74, 6) is 1.46. The number of nitrogens with zero attached hydrogens (tertiary/aromatic N) is 1. The van der Waals surface area contributed by atoms with Crippen molar-refractivity contribution >= 4 is 11.7 Å². The van der Waals surface area contributed by atoms with Gasteiger partial charge in [0.25, 0.3) is 5.91 Å². The van der Waals surface area contributed by atoms with Crippen LogP contribution in [-0.2, 0) is 4.79 Å². The van der Waals surface area contributed by atoms with Gasteiger partial charge in [-0.2, -0.15) is 0 Å². The molecule has 1 N–H and O–H groups in total. The van der Waals surface area contributed by atoms with Gasteiger partial charge >= 0.3 is 0 Å². The summed E-state index contributed by atoms with van der Waals surface area (Å²) in [6, 6.07) is 7.99. The van der Waals surface area contributed by atoms with Crippen molar-refractivity contribution < 1.29 is 4.79 Å². The molecule has 0 aliphatic carbocycles. The SMILES string of the molecule is CC(C)c1ccc(C2=NC(C(C)C)C(=O)N2)cc1. The van der Waals surface area contributed by atoms with Gasteiger partial charge < -0.3 is 5.32 Å². The van der Waals surface area contributed by atoms with Crippen LogP contribution in [0.15, 0.2) is 29.3 Å². The summed E-state index contributed by atoms with van der Waals surface area (Å²) >= 11 is 0. The Bertz CT molecular complexity index is 472. The van der Waals surface area contributed by atoms with Gasteiger partial charge in [0.05, 0.1) is 0 Å². The van der Waals surface area contributed by atoms with Gasteiger partial charge in [0.15, 0.2) is 0 Å². The van der Waals surface area contributed by atoms with Crippen LogP contribution in [0.25, 0.3) is 0 Å². The average Bonchev–Trinajstić information content (AvgIpc) is 2.71. The van der Waals surface area contributed by atoms with Crippen LogP contribution in [0.2, 0.25) is 0 Å². The Hall–Kier alpha value is -1.64. The molecular weight excluding hydrogens is 224 g/mol. The Balaban J connectivity index is 2.23. The van der Waals surface area contributed by atoms with Crippen LogP contribution in [-0.4, -0.2) is 17.8 Å². The second kappa shape index (κ2) is 4.92. The second-order valence-corrected chi connectivity index (χ2v) is 5.43. The van der Waals surface area contributed by atoms with Gasteiger partial charge in [-0.3, -0.25) is 9.79 Å². The van der Waals surface area contributed by atoms with Crippen molar-refractivity contribution in [1.82, 2.24) is 5.32 Å². The molecule has 1 atom stereocenters. The lowest BCUT2D eigenvalue weighted by Gasteiger charge is -2.06. The number of hydrogen-bond donors (Lipinski definition) is 1. The molecule has 0 radical (unpaired) electrons. The summed E-state index contributed by atoms with van der Waals surface area (Å²) in [5.41, 5.74) is 2.28. The van der Waals surface area contributed by atoms with Crippen molar-refractivity contribution in [3.8, 4) is 0 Å². The highest BCUT2D eigenvalue weighted by Gasteiger charge is 2.29. The highest BCUT2D eigenvalue weighted by atomic mass is 16.2. The molecule has 1 aromatic rings. The maximum Gasteiger partial charge on any atom is 0.250 e. The highest BCUT2D eigenvalue weighted by molar-refractivity contribution is 6.13. The lowest BCUT2D eigenvalue weighted by molar-refractivity contribution is -0.120. The molecular formula is C15H20N2O. The smallest absolute Gasteiger partial charge is 0.250 e. The minimum Gasteiger partial charge on any atom is -0.309 e. The van der Waals surface area contributed by atoms with E-state index in [9.17, 15) is 4.79 Å². The van der Waals surface area contributed by atoms with Crippen molar-refractivity contribution in [3.63, 3.8) is 0 Å². The van der Waals surface area contributed by atoms with Gasteiger partial charge in [-0.15, -0.1) is 0 Å². The lowest BCUT2D eigenvalue weighted by atomic mass is 10.0. The van der Waals surface area contributed by atoms with E-state index in [4.69, 9.17) is 0 Å². The van der Waals surface area contributed by atoms with E-state index in [2.05, 4.69) is 36.3 Å². The molecule has 0 bridgehead atoms. The third kappa shape index (κ3) is 2.45. The number of aliphatic imine (C=N–C) groups is 1. The van der Waals surface area contributed by atoms with Crippen LogP contribution in [0.4, 0.5) is 0 Å². The average molecular weight is 244 g/mol. The summed E-state index contributed by atoms with van der Waals surface area (Å²) in [7, 11) is 0. The van der Waals surface area contributed by atoms with Crippen LogP contribution >= 0.6 is 0 Å². The Labute approximate surface area is 108 Å². The molecule has 3 heteroatoms. The maximum atomic E-state index is 11.7. The number of rotatable bonds is 3. The summed E-state index contributed by atoms with van der Waals surface area (Å²) < 4.78 is 0. The third-order valence-corrected chi connectivity index (χ3v) is 3.26. The number of amidine groups is 1. The number of hydrogen-bond acceptors (Lipinski definition) is 2. The standard InChI is InChI=1S/C15H20N2O/c1-9(2)11-5-7-12(8-6-11)14-16-13(10(3)4)15(18)17-14/h5-10,13H,1-4H3,(H,16,17,18). The Kier molecular flexibility index (Phi) is 3.50. The Morgan fingerprint density at radius 3 is 2.17 bits per heavy atom. The normalized spacial score (nSPS) is 19.3. The highest BCUT2D eigenvalue weighted by Crippen LogP contribution is 2.18. The van der Waals surface area contributed by atoms with Gasteiger partial charge in [-0.1, -0.05) is 52.0 Å². The van der Waals surface area contributed by atoms with Gasteiger partial charge in [0.1, 0.15) is 11.9 Å². The van der Waals surface area contributed by atoms with E-state index in [1.54, 1.807) is 0 Å². The van der Waals surface area contributed by atoms with Crippen molar-refractivity contribution in [3.05, 3.63) is 35.4 Å². The molecule has 1 aliphatic rings. The Morgan fingerprint density at radius 1 is 1.11 bits per heavy atom. The number of nitrogens with one attached hydrogen (secondary N) is 1. The summed E-state index contributed by atoms with van der Waals surface area (Å²) in [5, 5.41) is 2.86. The van der Waals surface area contributed by atoms with E-state index >= 15 is 0 Å². The molecule has 0 fully saturated rings. The number of benzene rings is 1. The monoisotopic (exact) mass is 244 g/mol. The van der Waals surface area contributed by atoms with Crippen LogP contribution in [0.1, 0.15) is 44.7 Å². The minimum absolute atomic E-state index is 0.00735. The molecule has 1 heterocycles. The second-order valence-electron chi connectivity index (χ2n) is 5.43. The maximum absolute atomic E-state index is 11.7. The molecule has 1 aliphatic heterocycles. The van der Waals surface area contributed by atoms with E-state index in [1.165, 1.54) is 5.56 Å². The summed E-state index contributed by atoms with van der Waals surface area (Å²) in [6.07, 6.45) is 0. The quantitative estimate of drug-likeness (QED) is 0.872. The van der Waals surface area contributed by atoms with Crippen molar-refractivity contribution in [1.29, 1.82) is 0 Å². The number of carbonyl (C=O) groups excluding carboxylic acids is 1. The molecule has 0 spiro atoms. The van der Waals surface area contributed by atoms with Crippen molar-refractivity contribution in [2.24, 2.45) is 10.9 Å². The number of carbonyl (C=O) groups is 1. The summed E-state index contributed by atoms with van der Waals surface area (Å²) in [4.78, 5) is 16.2. The van der Waals surface area contributed by atoms with Crippen molar-refractivity contribution in [2.45, 2.75) is 39.7 Å². The molecule has 2 rings (SSSR count). The van der Waals surface area contributed by atoms with Gasteiger partial charge in [-0.05, 0) is 17.4 Å². The lowest BCUT2D eigenvalue weighted by Crippen LogP contribution is -2.31. The van der Waals surface area contributed by atoms with Crippen LogP contribution < -0.4 is 5.32 Å². The first kappa shape index (κ1) is 12.8. The zero-order chi connectivity index (χ0) is 13.3. The molecule has 0 saturated heterocycles. The molecule has 1 unspecified atom stereocenters. The van der Waals surface area contributed by atoms with E-state index in [-0.39, 0.29) is 17.9 Å². The zero-order valence-corrected chi connectivity index (χ0v) is 11.4. The number of amides is 1. The van der Waals surface area contributed by atoms with Gasteiger partial charge in [0, 0.05) is 5.56 Å². The summed E-state index contributed by atoms with van der Waals surface area (Å²) in [6.45, 7) is 8.36. The molecule has 0 saturated carbocycles. The van der Waals surface area contributed by atoms with E-state index in [0.29, 0.717) is 11.8 Å². The van der Waals surface area contributed by atoms with E-state index in [1.807, 2.05) is 26.0 Å². The molecule has 0 aromatic heterocycles. The predicted octanol–water partition coefficient (Wildman–Crippen LogP) is 2.71. The fourth-order valence-corrected chi connectivity index (χ4v) is 2.05. The van der Waals surface area contributed by atoms with Crippen LogP contribution in [0.3, 0.4) is 0 Å². The Morgan fingerprint density at radius 2 is 1.72 bits per heavy atom. The van der Waals surface area contributed by atoms with E-state index in [0.717, 1.165) is 5.56 Å². The topological polar surface area (TPSA) is 41.5 Å². The minimum atomic E-state index is -0.246. The van der Waals surface area contributed by atoms with Gasteiger partial charge in [-0.25, -0.2) is 0 Å². The van der Waals surface area contributed by atoms with Gasteiger partial charge in [0.2, 0.25) is 0 Å². The molecule has 18 heavy (non-hydrogen) atoms. The molecule has 1 amide bonds. The zero-order valence-electron chi connectivity index (χ0n) is 11.4. The first-order valence-electron chi connectivity index (χ1n) is 6.48. The first-order chi connectivity index (χ1) is 8.49. The first-order valence-corrected chi connectivity index (χ1v) is 6.48. The van der Waals surface area contributed by atoms with Crippen molar-refractivity contribution in [2.75, 3.05) is 0 Å². The molecule has 1 aromatic carbocycles. The largest absolute Gasteiger partial charge is 0.309 e. The predicted molar refractivity (Wildman–Crippen MR) is 73.8 cm³/mol. The molecule has 96 valence electrons. The molecule has 3 nitrogen and oxygen atoms in total. The van der Waals surface area contributed by atoms with E-state index < -0.39 is 0 Å². The van der Waals surface area contributed by atoms with Crippen LogP contribution in [0.5, 0.6) is 0 Å². The van der Waals surface area contributed by atoms with Crippen LogP contribution in [0, 0.1) is 5.92 Å². The fraction of sp³-hybridized carbons (Fsp3) is 0.467. The third-order valence-electron chi connectivity index (χ3n) is 3.26.